The maximum absolute atomic E-state index is 12.6. The first-order valence-corrected chi connectivity index (χ1v) is 8.00. The molecule has 112 valence electrons. The SMILES string of the molecule is CCN(C(C)C)S(=O)(=O)c1cc(Cl)cc(C(=O)O)c1C. The van der Waals surface area contributed by atoms with Crippen LogP contribution in [0.5, 0.6) is 0 Å². The van der Waals surface area contributed by atoms with Crippen molar-refractivity contribution >= 4 is 27.6 Å². The second-order valence-electron chi connectivity index (χ2n) is 4.68. The second kappa shape index (κ2) is 6.11. The number of halogens is 1. The highest BCUT2D eigenvalue weighted by atomic mass is 35.5. The van der Waals surface area contributed by atoms with Crippen molar-refractivity contribution in [2.45, 2.75) is 38.6 Å². The number of sulfonamides is 1. The van der Waals surface area contributed by atoms with E-state index >= 15 is 0 Å². The maximum atomic E-state index is 12.6. The van der Waals surface area contributed by atoms with Crippen LogP contribution in [0.2, 0.25) is 5.02 Å². The molecule has 1 rings (SSSR count). The summed E-state index contributed by atoms with van der Waals surface area (Å²) < 4.78 is 26.6. The van der Waals surface area contributed by atoms with Crippen LogP contribution in [-0.2, 0) is 10.0 Å². The summed E-state index contributed by atoms with van der Waals surface area (Å²) in [4.78, 5) is 11.1. The van der Waals surface area contributed by atoms with Gasteiger partial charge in [-0.25, -0.2) is 13.2 Å². The molecule has 0 heterocycles. The van der Waals surface area contributed by atoms with Gasteiger partial charge in [0.1, 0.15) is 0 Å². The van der Waals surface area contributed by atoms with Crippen molar-refractivity contribution < 1.29 is 18.3 Å². The van der Waals surface area contributed by atoms with Gasteiger partial charge in [-0.1, -0.05) is 18.5 Å². The van der Waals surface area contributed by atoms with E-state index in [2.05, 4.69) is 0 Å². The van der Waals surface area contributed by atoms with Gasteiger partial charge in [-0.15, -0.1) is 0 Å². The van der Waals surface area contributed by atoms with Crippen LogP contribution in [0.25, 0.3) is 0 Å². The molecule has 0 spiro atoms. The van der Waals surface area contributed by atoms with Crippen LogP contribution >= 0.6 is 11.6 Å². The number of carbonyl (C=O) groups is 1. The first kappa shape index (κ1) is 16.9. The molecule has 1 N–H and O–H groups in total. The lowest BCUT2D eigenvalue weighted by Crippen LogP contribution is -2.37. The van der Waals surface area contributed by atoms with E-state index in [1.54, 1.807) is 20.8 Å². The molecule has 0 aliphatic rings. The highest BCUT2D eigenvalue weighted by molar-refractivity contribution is 7.89. The zero-order chi connectivity index (χ0) is 15.7. The molecule has 0 amide bonds. The summed E-state index contributed by atoms with van der Waals surface area (Å²) in [7, 11) is -3.77. The van der Waals surface area contributed by atoms with Gasteiger partial charge < -0.3 is 5.11 Å². The predicted octanol–water partition coefficient (Wildman–Crippen LogP) is 2.77. The summed E-state index contributed by atoms with van der Waals surface area (Å²) in [5.41, 5.74) is 0.0943. The van der Waals surface area contributed by atoms with Gasteiger partial charge in [-0.05, 0) is 38.5 Å². The average Bonchev–Trinajstić information content (AvgIpc) is 2.31. The van der Waals surface area contributed by atoms with Crippen LogP contribution < -0.4 is 0 Å². The van der Waals surface area contributed by atoms with E-state index in [-0.39, 0.29) is 27.1 Å². The van der Waals surface area contributed by atoms with Crippen molar-refractivity contribution in [3.63, 3.8) is 0 Å². The van der Waals surface area contributed by atoms with Gasteiger partial charge in [0.2, 0.25) is 10.0 Å². The molecule has 0 saturated heterocycles. The van der Waals surface area contributed by atoms with Gasteiger partial charge in [0.15, 0.2) is 0 Å². The number of hydrogen-bond acceptors (Lipinski definition) is 3. The summed E-state index contributed by atoms with van der Waals surface area (Å²) in [5.74, 6) is -1.20. The quantitative estimate of drug-likeness (QED) is 0.905. The van der Waals surface area contributed by atoms with Crippen molar-refractivity contribution in [2.75, 3.05) is 6.54 Å². The Hall–Kier alpha value is -1.11. The fourth-order valence-corrected chi connectivity index (χ4v) is 4.29. The molecule has 0 atom stereocenters. The molecule has 20 heavy (non-hydrogen) atoms. The fourth-order valence-electron chi connectivity index (χ4n) is 2.08. The Morgan fingerprint density at radius 1 is 1.40 bits per heavy atom. The predicted molar refractivity (Wildman–Crippen MR) is 77.9 cm³/mol. The first-order chi connectivity index (χ1) is 9.12. The van der Waals surface area contributed by atoms with Crippen molar-refractivity contribution in [3.05, 3.63) is 28.3 Å². The second-order valence-corrected chi connectivity index (χ2v) is 6.98. The third kappa shape index (κ3) is 3.13. The average molecular weight is 320 g/mol. The van der Waals surface area contributed by atoms with E-state index in [1.165, 1.54) is 23.4 Å². The van der Waals surface area contributed by atoms with Crippen LogP contribution in [0.1, 0.15) is 36.7 Å². The van der Waals surface area contributed by atoms with Crippen LogP contribution in [0.4, 0.5) is 0 Å². The van der Waals surface area contributed by atoms with Crippen molar-refractivity contribution in [1.82, 2.24) is 4.31 Å². The molecule has 5 nitrogen and oxygen atoms in total. The molecule has 0 aliphatic carbocycles. The lowest BCUT2D eigenvalue weighted by atomic mass is 10.1. The molecule has 1 aromatic carbocycles. The number of carboxylic acid groups (broad SMARTS) is 1. The number of benzene rings is 1. The van der Waals surface area contributed by atoms with E-state index in [9.17, 15) is 13.2 Å². The minimum Gasteiger partial charge on any atom is -0.478 e. The smallest absolute Gasteiger partial charge is 0.336 e. The standard InChI is InChI=1S/C13H18ClNO4S/c1-5-15(8(2)3)20(18,19)12-7-10(14)6-11(9(12)4)13(16)17/h6-8H,5H2,1-4H3,(H,16,17). The van der Waals surface area contributed by atoms with Gasteiger partial charge in [-0.2, -0.15) is 4.31 Å². The fraction of sp³-hybridized carbons (Fsp3) is 0.462. The molecular weight excluding hydrogens is 302 g/mol. The van der Waals surface area contributed by atoms with E-state index in [0.717, 1.165) is 0 Å². The Morgan fingerprint density at radius 3 is 2.35 bits per heavy atom. The molecular formula is C13H18ClNO4S. The molecule has 7 heteroatoms. The number of nitrogens with zero attached hydrogens (tertiary/aromatic N) is 1. The van der Waals surface area contributed by atoms with Gasteiger partial charge in [0, 0.05) is 17.6 Å². The minimum atomic E-state index is -3.77. The lowest BCUT2D eigenvalue weighted by molar-refractivity contribution is 0.0696. The van der Waals surface area contributed by atoms with Crippen molar-refractivity contribution in [2.24, 2.45) is 0 Å². The number of hydrogen-bond donors (Lipinski definition) is 1. The number of carboxylic acids is 1. The zero-order valence-electron chi connectivity index (χ0n) is 11.8. The summed E-state index contributed by atoms with van der Waals surface area (Å²) >= 11 is 5.85. The third-order valence-corrected chi connectivity index (χ3v) is 5.52. The highest BCUT2D eigenvalue weighted by Crippen LogP contribution is 2.28. The Labute approximate surface area is 124 Å². The van der Waals surface area contributed by atoms with Crippen molar-refractivity contribution in [3.8, 4) is 0 Å². The molecule has 0 fully saturated rings. The monoisotopic (exact) mass is 319 g/mol. The molecule has 0 radical (unpaired) electrons. The molecule has 1 aromatic rings. The summed E-state index contributed by atoms with van der Waals surface area (Å²) in [6, 6.07) is 2.32. The number of rotatable bonds is 5. The molecule has 0 aliphatic heterocycles. The molecule has 0 aromatic heterocycles. The molecule has 0 unspecified atom stereocenters. The van der Waals surface area contributed by atoms with E-state index in [4.69, 9.17) is 16.7 Å². The van der Waals surface area contributed by atoms with Gasteiger partial charge in [0.25, 0.3) is 0 Å². The summed E-state index contributed by atoms with van der Waals surface area (Å²) in [6.45, 7) is 7.03. The first-order valence-electron chi connectivity index (χ1n) is 6.18. The number of aromatic carboxylic acids is 1. The minimum absolute atomic E-state index is 0.0575. The zero-order valence-corrected chi connectivity index (χ0v) is 13.4. The molecule has 0 bridgehead atoms. The Kier molecular flexibility index (Phi) is 5.18. The normalized spacial score (nSPS) is 12.2. The lowest BCUT2D eigenvalue weighted by Gasteiger charge is -2.25. The van der Waals surface area contributed by atoms with E-state index < -0.39 is 16.0 Å². The van der Waals surface area contributed by atoms with Gasteiger partial charge in [-0.3, -0.25) is 0 Å². The largest absolute Gasteiger partial charge is 0.478 e. The Balaban J connectivity index is 3.58. The van der Waals surface area contributed by atoms with Crippen LogP contribution in [0.3, 0.4) is 0 Å². The summed E-state index contributed by atoms with van der Waals surface area (Å²) in [5, 5.41) is 9.21. The highest BCUT2D eigenvalue weighted by Gasteiger charge is 2.29. The van der Waals surface area contributed by atoms with Crippen LogP contribution in [-0.4, -0.2) is 36.4 Å². The topological polar surface area (TPSA) is 74.7 Å². The Morgan fingerprint density at radius 2 is 1.95 bits per heavy atom. The maximum Gasteiger partial charge on any atom is 0.336 e. The van der Waals surface area contributed by atoms with Crippen molar-refractivity contribution in [1.29, 1.82) is 0 Å². The van der Waals surface area contributed by atoms with E-state index in [1.807, 2.05) is 0 Å². The Bertz CT molecular complexity index is 626. The van der Waals surface area contributed by atoms with Crippen LogP contribution in [0.15, 0.2) is 17.0 Å². The summed E-state index contributed by atoms with van der Waals surface area (Å²) in [6.07, 6.45) is 0. The third-order valence-electron chi connectivity index (χ3n) is 3.03. The van der Waals surface area contributed by atoms with Gasteiger partial charge in [0.05, 0.1) is 10.5 Å². The van der Waals surface area contributed by atoms with E-state index in [0.29, 0.717) is 6.54 Å². The molecule has 0 saturated carbocycles. The van der Waals surface area contributed by atoms with Crippen LogP contribution in [0, 0.1) is 6.92 Å². The van der Waals surface area contributed by atoms with Gasteiger partial charge >= 0.3 is 5.97 Å².